The summed E-state index contributed by atoms with van der Waals surface area (Å²) in [5, 5.41) is 0. The van der Waals surface area contributed by atoms with Gasteiger partial charge < -0.3 is 15.2 Å². The van der Waals surface area contributed by atoms with Gasteiger partial charge in [-0.3, -0.25) is 4.90 Å². The Balaban J connectivity index is 0.00000200. The first-order valence-corrected chi connectivity index (χ1v) is 7.08. The zero-order chi connectivity index (χ0) is 13.5. The first kappa shape index (κ1) is 16.9. The van der Waals surface area contributed by atoms with Crippen LogP contribution >= 0.6 is 12.4 Å². The van der Waals surface area contributed by atoms with E-state index in [-0.39, 0.29) is 12.4 Å². The lowest BCUT2D eigenvalue weighted by atomic mass is 10.2. The van der Waals surface area contributed by atoms with E-state index >= 15 is 0 Å². The molecule has 0 atom stereocenters. The van der Waals surface area contributed by atoms with E-state index in [4.69, 9.17) is 15.2 Å². The Morgan fingerprint density at radius 3 is 2.45 bits per heavy atom. The molecule has 1 heterocycles. The zero-order valence-corrected chi connectivity index (χ0v) is 13.0. The van der Waals surface area contributed by atoms with Gasteiger partial charge in [-0.05, 0) is 38.1 Å². The van der Waals surface area contributed by atoms with E-state index in [2.05, 4.69) is 4.90 Å². The molecular formula is C15H25ClN2O2. The molecule has 1 aliphatic heterocycles. The second-order valence-electron chi connectivity index (χ2n) is 5.01. The number of methoxy groups -OCH3 is 1. The molecule has 114 valence electrons. The molecule has 0 spiro atoms. The van der Waals surface area contributed by atoms with Crippen LogP contribution < -0.4 is 15.2 Å². The first-order valence-electron chi connectivity index (χ1n) is 7.08. The van der Waals surface area contributed by atoms with Crippen molar-refractivity contribution in [1.82, 2.24) is 4.90 Å². The first-order chi connectivity index (χ1) is 9.29. The maximum Gasteiger partial charge on any atom is 0.163 e. The fourth-order valence-corrected chi connectivity index (χ4v) is 2.45. The van der Waals surface area contributed by atoms with Crippen LogP contribution in [0.3, 0.4) is 0 Å². The lowest BCUT2D eigenvalue weighted by molar-refractivity contribution is 0.209. The number of rotatable bonds is 5. The molecule has 4 nitrogen and oxygen atoms in total. The van der Waals surface area contributed by atoms with E-state index < -0.39 is 0 Å². The quantitative estimate of drug-likeness (QED) is 0.849. The number of nitrogens with two attached hydrogens (primary N) is 1. The van der Waals surface area contributed by atoms with Crippen LogP contribution in [0.4, 0.5) is 5.69 Å². The minimum absolute atomic E-state index is 0. The average Bonchev–Trinajstić information content (AvgIpc) is 2.68. The Bertz CT molecular complexity index is 393. The molecule has 1 fully saturated rings. The monoisotopic (exact) mass is 300 g/mol. The van der Waals surface area contributed by atoms with Gasteiger partial charge in [-0.2, -0.15) is 0 Å². The molecule has 2 rings (SSSR count). The maximum absolute atomic E-state index is 5.81. The highest BCUT2D eigenvalue weighted by Crippen LogP contribution is 2.28. The zero-order valence-electron chi connectivity index (χ0n) is 12.1. The molecule has 0 bridgehead atoms. The Morgan fingerprint density at radius 1 is 1.10 bits per heavy atom. The van der Waals surface area contributed by atoms with Crippen LogP contribution in [0.15, 0.2) is 18.2 Å². The standard InChI is InChI=1S/C15H24N2O2.ClH/c1-18-14-7-6-13(16)12-15(14)19-11-10-17-8-4-2-3-5-9-17;/h6-7,12H,2-5,8-11,16H2,1H3;1H. The molecule has 1 saturated heterocycles. The van der Waals surface area contributed by atoms with Crippen molar-refractivity contribution in [3.63, 3.8) is 0 Å². The van der Waals surface area contributed by atoms with Crippen molar-refractivity contribution in [1.29, 1.82) is 0 Å². The highest BCUT2D eigenvalue weighted by Gasteiger charge is 2.10. The van der Waals surface area contributed by atoms with E-state index in [1.165, 1.54) is 38.8 Å². The minimum atomic E-state index is 0. The van der Waals surface area contributed by atoms with Gasteiger partial charge in [-0.1, -0.05) is 12.8 Å². The van der Waals surface area contributed by atoms with Crippen LogP contribution in [0.2, 0.25) is 0 Å². The number of halogens is 1. The smallest absolute Gasteiger partial charge is 0.163 e. The van der Waals surface area contributed by atoms with Gasteiger partial charge in [-0.15, -0.1) is 12.4 Å². The van der Waals surface area contributed by atoms with Crippen molar-refractivity contribution in [2.45, 2.75) is 25.7 Å². The van der Waals surface area contributed by atoms with Gasteiger partial charge in [-0.25, -0.2) is 0 Å². The number of nitrogens with zero attached hydrogens (tertiary/aromatic N) is 1. The Hall–Kier alpha value is -1.13. The fraction of sp³-hybridized carbons (Fsp3) is 0.600. The van der Waals surface area contributed by atoms with Crippen molar-refractivity contribution in [2.75, 3.05) is 39.1 Å². The third-order valence-electron chi connectivity index (χ3n) is 3.55. The largest absolute Gasteiger partial charge is 0.493 e. The molecule has 1 aromatic carbocycles. The summed E-state index contributed by atoms with van der Waals surface area (Å²) in [5.41, 5.74) is 6.47. The molecular weight excluding hydrogens is 276 g/mol. The van der Waals surface area contributed by atoms with E-state index in [0.29, 0.717) is 12.3 Å². The molecule has 5 heteroatoms. The van der Waals surface area contributed by atoms with Gasteiger partial charge >= 0.3 is 0 Å². The minimum Gasteiger partial charge on any atom is -0.493 e. The van der Waals surface area contributed by atoms with Crippen molar-refractivity contribution >= 4 is 18.1 Å². The molecule has 0 radical (unpaired) electrons. The number of nitrogen functional groups attached to an aromatic ring is 1. The second-order valence-corrected chi connectivity index (χ2v) is 5.01. The van der Waals surface area contributed by atoms with Gasteiger partial charge in [0.1, 0.15) is 6.61 Å². The number of anilines is 1. The number of ether oxygens (including phenoxy) is 2. The lowest BCUT2D eigenvalue weighted by Crippen LogP contribution is -2.29. The highest BCUT2D eigenvalue weighted by atomic mass is 35.5. The Kier molecular flexibility index (Phi) is 7.55. The molecule has 1 aromatic rings. The molecule has 0 amide bonds. The summed E-state index contributed by atoms with van der Waals surface area (Å²) >= 11 is 0. The Morgan fingerprint density at radius 2 is 1.80 bits per heavy atom. The topological polar surface area (TPSA) is 47.7 Å². The molecule has 1 aliphatic rings. The van der Waals surface area contributed by atoms with Gasteiger partial charge in [0.2, 0.25) is 0 Å². The summed E-state index contributed by atoms with van der Waals surface area (Å²) in [5.74, 6) is 1.47. The number of benzene rings is 1. The predicted octanol–water partition coefficient (Wildman–Crippen LogP) is 2.95. The van der Waals surface area contributed by atoms with E-state index in [9.17, 15) is 0 Å². The van der Waals surface area contributed by atoms with Crippen molar-refractivity contribution < 1.29 is 9.47 Å². The number of hydrogen-bond donors (Lipinski definition) is 1. The van der Waals surface area contributed by atoms with E-state index in [1.807, 2.05) is 18.2 Å². The van der Waals surface area contributed by atoms with Gasteiger partial charge in [0, 0.05) is 18.3 Å². The van der Waals surface area contributed by atoms with Crippen molar-refractivity contribution in [3.05, 3.63) is 18.2 Å². The average molecular weight is 301 g/mol. The van der Waals surface area contributed by atoms with Gasteiger partial charge in [0.25, 0.3) is 0 Å². The molecule has 0 unspecified atom stereocenters. The highest BCUT2D eigenvalue weighted by molar-refractivity contribution is 5.85. The molecule has 0 aromatic heterocycles. The Labute approximate surface area is 127 Å². The SMILES string of the molecule is COc1ccc(N)cc1OCCN1CCCCCC1.Cl. The van der Waals surface area contributed by atoms with Crippen LogP contribution in [0.25, 0.3) is 0 Å². The van der Waals surface area contributed by atoms with Crippen LogP contribution in [0.1, 0.15) is 25.7 Å². The van der Waals surface area contributed by atoms with E-state index in [0.717, 1.165) is 18.0 Å². The number of hydrogen-bond acceptors (Lipinski definition) is 4. The normalized spacial score (nSPS) is 16.1. The summed E-state index contributed by atoms with van der Waals surface area (Å²) in [6, 6.07) is 5.48. The molecule has 2 N–H and O–H groups in total. The second kappa shape index (κ2) is 8.93. The van der Waals surface area contributed by atoms with E-state index in [1.54, 1.807) is 7.11 Å². The fourth-order valence-electron chi connectivity index (χ4n) is 2.45. The number of likely N-dealkylation sites (tertiary alicyclic amines) is 1. The predicted molar refractivity (Wildman–Crippen MR) is 85.1 cm³/mol. The summed E-state index contributed by atoms with van der Waals surface area (Å²) in [6.07, 6.45) is 5.34. The summed E-state index contributed by atoms with van der Waals surface area (Å²) in [7, 11) is 1.65. The van der Waals surface area contributed by atoms with Crippen molar-refractivity contribution in [3.8, 4) is 11.5 Å². The summed E-state index contributed by atoms with van der Waals surface area (Å²) in [6.45, 7) is 4.03. The third kappa shape index (κ3) is 5.10. The van der Waals surface area contributed by atoms with Crippen LogP contribution in [-0.4, -0.2) is 38.3 Å². The van der Waals surface area contributed by atoms with Crippen LogP contribution in [0.5, 0.6) is 11.5 Å². The lowest BCUT2D eigenvalue weighted by Gasteiger charge is -2.20. The molecule has 20 heavy (non-hydrogen) atoms. The molecule has 0 aliphatic carbocycles. The molecule has 0 saturated carbocycles. The van der Waals surface area contributed by atoms with Crippen LogP contribution in [-0.2, 0) is 0 Å². The summed E-state index contributed by atoms with van der Waals surface area (Å²) < 4.78 is 11.1. The van der Waals surface area contributed by atoms with Gasteiger partial charge in [0.05, 0.1) is 7.11 Å². The van der Waals surface area contributed by atoms with Crippen LogP contribution in [0, 0.1) is 0 Å². The summed E-state index contributed by atoms with van der Waals surface area (Å²) in [4.78, 5) is 2.48. The maximum atomic E-state index is 5.81. The van der Waals surface area contributed by atoms with Gasteiger partial charge in [0.15, 0.2) is 11.5 Å². The van der Waals surface area contributed by atoms with Crippen molar-refractivity contribution in [2.24, 2.45) is 0 Å². The third-order valence-corrected chi connectivity index (χ3v) is 3.55.